The first-order valence-corrected chi connectivity index (χ1v) is 43.5. The van der Waals surface area contributed by atoms with Crippen LogP contribution in [0.5, 0.6) is 0 Å². The molecule has 4 bridgehead atoms. The maximum absolute atomic E-state index is 6.16. The van der Waals surface area contributed by atoms with Crippen LogP contribution in [-0.2, 0) is 52.6 Å². The highest BCUT2D eigenvalue weighted by molar-refractivity contribution is 5.74. The Labute approximate surface area is 679 Å². The number of aromatic nitrogens is 7. The molecule has 0 amide bonds. The SMILES string of the molecule is Cc1cccc2c1N1[C@@H](C)c3ncn(C)c3C1(C)C(C)(C)C2(C)C.Cc1cccc2c1N1[C@@H](C)c3ncn(C)c3C1(C)C(C)(C)C2(C)C.Cc1ccccc1N1[C@@H](C)c2ncoc2C12C1CC3CC(C1)CC2C3.Cc1ccccc1N1[C@@H](C)c2ncoc2C12CCCC2.Cc1ccccc1N1[C@@H](C)c2ncoc2C12CCCCC2. The van der Waals surface area contributed by atoms with Gasteiger partial charge >= 0.3 is 0 Å². The molecule has 15 nitrogen and oxygen atoms in total. The Morgan fingerprint density at radius 2 is 0.667 bits per heavy atom. The van der Waals surface area contributed by atoms with Crippen LogP contribution >= 0.6 is 0 Å². The Bertz CT molecular complexity index is 5160. The molecular weight excluding hydrogens is 1410 g/mol. The summed E-state index contributed by atoms with van der Waals surface area (Å²) in [6.07, 6.45) is 27.0. The second kappa shape index (κ2) is 26.6. The van der Waals surface area contributed by atoms with Gasteiger partial charge in [-0.1, -0.05) is 178 Å². The Kier molecular flexibility index (Phi) is 17.8. The van der Waals surface area contributed by atoms with E-state index >= 15 is 0 Å². The van der Waals surface area contributed by atoms with E-state index in [1.54, 1.807) is 19.2 Å². The first-order valence-electron chi connectivity index (χ1n) is 43.5. The van der Waals surface area contributed by atoms with Crippen molar-refractivity contribution in [2.75, 3.05) is 24.5 Å². The van der Waals surface area contributed by atoms with Crippen LogP contribution in [0.25, 0.3) is 0 Å². The molecule has 5 aromatic carbocycles. The number of nitrogens with zero attached hydrogens (tertiary/aromatic N) is 12. The van der Waals surface area contributed by atoms with Gasteiger partial charge in [0.15, 0.2) is 36.5 Å². The molecule has 2 unspecified atom stereocenters. The predicted molar refractivity (Wildman–Crippen MR) is 458 cm³/mol. The van der Waals surface area contributed by atoms with Gasteiger partial charge in [-0.05, 0) is 233 Å². The van der Waals surface area contributed by atoms with Gasteiger partial charge in [-0.2, -0.15) is 0 Å². The molecule has 6 fully saturated rings. The smallest absolute Gasteiger partial charge is 0.181 e. The molecule has 12 heterocycles. The molecule has 15 heteroatoms. The van der Waals surface area contributed by atoms with Gasteiger partial charge in [0, 0.05) is 53.4 Å². The van der Waals surface area contributed by atoms with Gasteiger partial charge in [0.25, 0.3) is 0 Å². The summed E-state index contributed by atoms with van der Waals surface area (Å²) >= 11 is 0. The third-order valence-corrected chi connectivity index (χ3v) is 33.5. The Hall–Kier alpha value is -8.85. The van der Waals surface area contributed by atoms with Gasteiger partial charge in [-0.25, -0.2) is 24.9 Å². The van der Waals surface area contributed by atoms with Crippen LogP contribution in [-0.4, -0.2) is 34.1 Å². The maximum atomic E-state index is 6.16. The highest BCUT2D eigenvalue weighted by Gasteiger charge is 2.70. The molecule has 0 N–H and O–H groups in total. The summed E-state index contributed by atoms with van der Waals surface area (Å²) in [6.45, 7) is 46.8. The van der Waals surface area contributed by atoms with Crippen molar-refractivity contribution in [2.45, 2.75) is 297 Å². The van der Waals surface area contributed by atoms with E-state index in [4.69, 9.17) is 23.2 Å². The van der Waals surface area contributed by atoms with E-state index in [-0.39, 0.29) is 55.4 Å². The number of aryl methyl sites for hydroxylation is 7. The maximum Gasteiger partial charge on any atom is 0.181 e. The van der Waals surface area contributed by atoms with Gasteiger partial charge < -0.3 is 46.9 Å². The van der Waals surface area contributed by atoms with Gasteiger partial charge in [0.1, 0.15) is 33.7 Å². The number of fused-ring (bicyclic) bond motifs is 15. The van der Waals surface area contributed by atoms with Crippen molar-refractivity contribution in [3.8, 4) is 0 Å². The molecule has 0 saturated heterocycles. The predicted octanol–water partition coefficient (Wildman–Crippen LogP) is 24.0. The summed E-state index contributed by atoms with van der Waals surface area (Å²) in [5.41, 5.74) is 25.4. The molecule has 6 saturated carbocycles. The highest BCUT2D eigenvalue weighted by atomic mass is 16.4. The molecular formula is C99H126N12O3. The summed E-state index contributed by atoms with van der Waals surface area (Å²) in [5.74, 6) is 6.80. The van der Waals surface area contributed by atoms with Crippen molar-refractivity contribution in [2.24, 2.45) is 48.6 Å². The largest absolute Gasteiger partial charge is 0.446 e. The zero-order valence-electron chi connectivity index (χ0n) is 72.5. The number of imidazole rings is 2. The van der Waals surface area contributed by atoms with Crippen LogP contribution in [0.2, 0.25) is 0 Å². The van der Waals surface area contributed by atoms with Crippen molar-refractivity contribution < 1.29 is 13.3 Å². The van der Waals surface area contributed by atoms with E-state index in [0.717, 1.165) is 46.6 Å². The lowest BCUT2D eigenvalue weighted by atomic mass is 9.48. The lowest BCUT2D eigenvalue weighted by Gasteiger charge is -2.63. The average Bonchev–Trinajstić information content (AvgIpc) is 1.62. The monoisotopic (exact) mass is 1530 g/mol. The fourth-order valence-electron chi connectivity index (χ4n) is 26.7. The number of rotatable bonds is 3. The van der Waals surface area contributed by atoms with E-state index in [1.807, 2.05) is 12.7 Å². The number of hydrogen-bond donors (Lipinski definition) is 0. The van der Waals surface area contributed by atoms with Crippen molar-refractivity contribution in [3.63, 3.8) is 0 Å². The molecule has 114 heavy (non-hydrogen) atoms. The quantitative estimate of drug-likeness (QED) is 0.167. The van der Waals surface area contributed by atoms with Gasteiger partial charge in [-0.15, -0.1) is 0 Å². The minimum Gasteiger partial charge on any atom is -0.446 e. The first-order chi connectivity index (χ1) is 54.3. The van der Waals surface area contributed by atoms with Crippen LogP contribution in [0.15, 0.2) is 154 Å². The number of benzene rings is 5. The second-order valence-electron chi connectivity index (χ2n) is 39.5. The number of para-hydroxylation sites is 5. The fraction of sp³-hybridized carbons (Fsp3) is 0.545. The molecule has 13 aliphatic rings. The van der Waals surface area contributed by atoms with E-state index in [0.29, 0.717) is 24.2 Å². The molecule has 10 aromatic rings. The van der Waals surface area contributed by atoms with Crippen molar-refractivity contribution >= 4 is 28.4 Å². The summed E-state index contributed by atoms with van der Waals surface area (Å²) < 4.78 is 22.4. The number of oxazole rings is 3. The van der Waals surface area contributed by atoms with Crippen molar-refractivity contribution in [3.05, 3.63) is 237 Å². The first kappa shape index (κ1) is 76.4. The van der Waals surface area contributed by atoms with E-state index < -0.39 is 0 Å². The summed E-state index contributed by atoms with van der Waals surface area (Å²) in [5, 5.41) is 0. The van der Waals surface area contributed by atoms with Crippen LogP contribution in [0.1, 0.15) is 320 Å². The van der Waals surface area contributed by atoms with Crippen molar-refractivity contribution in [1.29, 1.82) is 0 Å². The third-order valence-electron chi connectivity index (χ3n) is 33.5. The van der Waals surface area contributed by atoms with Crippen molar-refractivity contribution in [1.82, 2.24) is 34.1 Å². The minimum absolute atomic E-state index is 0.0234. The topological polar surface area (TPSA) is 130 Å². The average molecular weight is 1530 g/mol. The number of anilines is 5. The molecule has 600 valence electrons. The molecule has 6 aliphatic carbocycles. The van der Waals surface area contributed by atoms with Crippen LogP contribution in [0.4, 0.5) is 28.4 Å². The summed E-state index contributed by atoms with van der Waals surface area (Å²) in [6, 6.07) is 41.3. The molecule has 7 atom stereocenters. The normalized spacial score (nSPS) is 29.7. The standard InChI is InChI=1S/C22H26N2O.2C21H29N3.C18H22N2O.C17H20N2O/c1-13-5-3-4-6-19(13)24-14(2)20-21(25-12-23-20)22(24)17-8-15-7-16(10-17)11-18(22)9-15;2*1-13-10-9-11-15-17(13)24-14(2)16-18(23(8)12-22-16)21(24,7)20(5,6)19(15,3)4;1-13-8-4-5-9-15(13)20-14(2)16-17(21-12-19-16)18(20)10-6-3-7-11-18;1-12-7-3-4-8-14(12)19-13(2)15-16(20-11-18-15)17(19)9-5-6-10-17/h3-6,12,14-18H,7-11H2,1-2H3;2*9-12,14H,1-8H3;4-5,8-9,12,14H,3,6-7,10-11H2,1-2H3;3-4,7-8,11,13H,5-6,9-10H2,1-2H3/t14-,15?,16?,17?,18?,22?;2*14-,21?;14-;13-/m00000/s1. The zero-order valence-corrected chi connectivity index (χ0v) is 72.5. The highest BCUT2D eigenvalue weighted by Crippen LogP contribution is 2.72. The van der Waals surface area contributed by atoms with Gasteiger partial charge in [0.2, 0.25) is 0 Å². The third kappa shape index (κ3) is 10.1. The lowest BCUT2D eigenvalue weighted by Crippen LogP contribution is -2.62. The van der Waals surface area contributed by atoms with Gasteiger partial charge in [-0.3, -0.25) is 0 Å². The molecule has 3 spiro atoms. The van der Waals surface area contributed by atoms with E-state index in [1.165, 1.54) is 192 Å². The molecule has 23 rings (SSSR count). The zero-order chi connectivity index (χ0) is 80.3. The Balaban J connectivity index is 0.0000000993. The number of hydrogen-bond acceptors (Lipinski definition) is 13. The fourth-order valence-corrected chi connectivity index (χ4v) is 26.7. The minimum atomic E-state index is -0.0877. The van der Waals surface area contributed by atoms with E-state index in [2.05, 4.69) is 310 Å². The van der Waals surface area contributed by atoms with Crippen LogP contribution < -0.4 is 24.5 Å². The van der Waals surface area contributed by atoms with Crippen LogP contribution in [0, 0.1) is 69.1 Å². The molecule has 7 aliphatic heterocycles. The van der Waals surface area contributed by atoms with Gasteiger partial charge in [0.05, 0.1) is 76.7 Å². The van der Waals surface area contributed by atoms with E-state index in [9.17, 15) is 0 Å². The molecule has 5 aromatic heterocycles. The molecule has 0 radical (unpaired) electrons. The Morgan fingerprint density at radius 1 is 0.342 bits per heavy atom. The van der Waals surface area contributed by atoms with Crippen LogP contribution in [0.3, 0.4) is 0 Å². The summed E-state index contributed by atoms with van der Waals surface area (Å²) in [7, 11) is 4.29. The second-order valence-corrected chi connectivity index (χ2v) is 39.5. The lowest BCUT2D eigenvalue weighted by molar-refractivity contribution is -0.0685. The Morgan fingerprint density at radius 3 is 1.05 bits per heavy atom. The summed E-state index contributed by atoms with van der Waals surface area (Å²) in [4.78, 5) is 36.5.